The molecule has 2 aromatic heterocycles. The van der Waals surface area contributed by atoms with Crippen LogP contribution in [0, 0.1) is 5.92 Å². The van der Waals surface area contributed by atoms with Gasteiger partial charge in [0.15, 0.2) is 0 Å². The number of benzene rings is 8. The Hall–Kier alpha value is -7.68. The molecule has 1 unspecified atom stereocenters. The smallest absolute Gasteiger partial charge is 0.0560 e. The summed E-state index contributed by atoms with van der Waals surface area (Å²) in [5.41, 5.74) is 18.7. The number of allylic oxidation sites excluding steroid dienone is 8. The van der Waals surface area contributed by atoms with Crippen LogP contribution in [0.15, 0.2) is 225 Å². The normalized spacial score (nSPS) is 16.7. The molecule has 0 amide bonds. The van der Waals surface area contributed by atoms with E-state index in [9.17, 15) is 0 Å². The fourth-order valence-electron chi connectivity index (χ4n) is 11.1. The zero-order valence-corrected chi connectivity index (χ0v) is 33.5. The van der Waals surface area contributed by atoms with E-state index in [1.165, 1.54) is 99.4 Å². The van der Waals surface area contributed by atoms with E-state index in [4.69, 9.17) is 0 Å². The van der Waals surface area contributed by atoms with Crippen molar-refractivity contribution in [2.75, 3.05) is 0 Å². The van der Waals surface area contributed by atoms with E-state index in [0.717, 1.165) is 12.1 Å². The highest BCUT2D eigenvalue weighted by molar-refractivity contribution is 6.13. The maximum absolute atomic E-state index is 2.43. The Morgan fingerprint density at radius 2 is 0.967 bits per heavy atom. The van der Waals surface area contributed by atoms with E-state index in [-0.39, 0.29) is 11.3 Å². The first kappa shape index (κ1) is 34.2. The van der Waals surface area contributed by atoms with E-state index in [2.05, 4.69) is 234 Å². The third kappa shape index (κ3) is 4.91. The van der Waals surface area contributed by atoms with E-state index < -0.39 is 0 Å². The van der Waals surface area contributed by atoms with Crippen molar-refractivity contribution in [1.82, 2.24) is 9.13 Å². The van der Waals surface area contributed by atoms with Crippen molar-refractivity contribution in [2.24, 2.45) is 5.92 Å². The number of hydrogen-bond acceptors (Lipinski definition) is 0. The van der Waals surface area contributed by atoms with Crippen molar-refractivity contribution < 1.29 is 0 Å². The molecular weight excluding hydrogens is 737 g/mol. The molecule has 2 nitrogen and oxygen atoms in total. The summed E-state index contributed by atoms with van der Waals surface area (Å²) in [5.74, 6) is 0.235. The van der Waals surface area contributed by atoms with Gasteiger partial charge in [0.05, 0.1) is 27.5 Å². The van der Waals surface area contributed by atoms with Gasteiger partial charge in [-0.15, -0.1) is 0 Å². The SMILES string of the molecule is C1=CCC(n2c3ccccc3c3cc(-c4ccc5c(c4)c4ccccc4n5-c4ccc(-c5ccc6c(c5)-c5ccccc5C6(c5ccccc5)C5C=CC=C5)cc4)ccc32)=C1. The largest absolute Gasteiger partial charge is 0.313 e. The van der Waals surface area contributed by atoms with E-state index in [0.29, 0.717) is 0 Å². The molecular formula is C59H40N2. The molecule has 0 saturated heterocycles. The third-order valence-corrected chi connectivity index (χ3v) is 13.7. The predicted molar refractivity (Wildman–Crippen MR) is 256 cm³/mol. The summed E-state index contributed by atoms with van der Waals surface area (Å²) in [6, 6.07) is 68.1. The summed E-state index contributed by atoms with van der Waals surface area (Å²) in [5, 5.41) is 5.09. The second kappa shape index (κ2) is 13.2. The number of aromatic nitrogens is 2. The zero-order chi connectivity index (χ0) is 40.1. The van der Waals surface area contributed by atoms with Gasteiger partial charge in [-0.3, -0.25) is 0 Å². The monoisotopic (exact) mass is 776 g/mol. The third-order valence-electron chi connectivity index (χ3n) is 13.7. The minimum atomic E-state index is -0.284. The van der Waals surface area contributed by atoms with Crippen LogP contribution in [0.4, 0.5) is 0 Å². The van der Waals surface area contributed by atoms with Crippen LogP contribution >= 0.6 is 0 Å². The average molecular weight is 777 g/mol. The summed E-state index contributed by atoms with van der Waals surface area (Å²) < 4.78 is 4.86. The summed E-state index contributed by atoms with van der Waals surface area (Å²) in [6.45, 7) is 0. The number of para-hydroxylation sites is 2. The van der Waals surface area contributed by atoms with Crippen molar-refractivity contribution in [3.63, 3.8) is 0 Å². The first-order chi connectivity index (χ1) is 30.3. The molecule has 10 aromatic rings. The van der Waals surface area contributed by atoms with Gasteiger partial charge < -0.3 is 9.13 Å². The Kier molecular flexibility index (Phi) is 7.38. The van der Waals surface area contributed by atoms with Crippen LogP contribution in [-0.2, 0) is 5.41 Å². The first-order valence-electron chi connectivity index (χ1n) is 21.4. The van der Waals surface area contributed by atoms with Gasteiger partial charge in [-0.2, -0.15) is 0 Å². The van der Waals surface area contributed by atoms with Crippen molar-refractivity contribution in [3.05, 3.63) is 241 Å². The van der Waals surface area contributed by atoms with Crippen molar-refractivity contribution in [1.29, 1.82) is 0 Å². The Balaban J connectivity index is 0.896. The molecule has 0 spiro atoms. The number of hydrogen-bond donors (Lipinski definition) is 0. The fourth-order valence-corrected chi connectivity index (χ4v) is 11.1. The van der Waals surface area contributed by atoms with Gasteiger partial charge in [0, 0.05) is 45.3 Å². The molecule has 0 saturated carbocycles. The van der Waals surface area contributed by atoms with Gasteiger partial charge in [0.1, 0.15) is 0 Å². The molecule has 8 aromatic carbocycles. The lowest BCUT2D eigenvalue weighted by Crippen LogP contribution is -2.33. The first-order valence-corrected chi connectivity index (χ1v) is 21.4. The Bertz CT molecular complexity index is 3540. The van der Waals surface area contributed by atoms with Gasteiger partial charge in [-0.25, -0.2) is 0 Å². The Labute approximate surface area is 355 Å². The van der Waals surface area contributed by atoms with Crippen LogP contribution in [0.3, 0.4) is 0 Å². The summed E-state index contributed by atoms with van der Waals surface area (Å²) in [7, 11) is 0. The highest BCUT2D eigenvalue weighted by Gasteiger charge is 2.48. The molecule has 0 N–H and O–H groups in total. The van der Waals surface area contributed by atoms with Crippen molar-refractivity contribution >= 4 is 49.3 Å². The molecule has 0 radical (unpaired) electrons. The van der Waals surface area contributed by atoms with E-state index >= 15 is 0 Å². The molecule has 0 aliphatic heterocycles. The second-order valence-electron chi connectivity index (χ2n) is 16.8. The minimum absolute atomic E-state index is 0.235. The lowest BCUT2D eigenvalue weighted by atomic mass is 9.64. The van der Waals surface area contributed by atoms with E-state index in [1.54, 1.807) is 0 Å². The second-order valence-corrected chi connectivity index (χ2v) is 16.8. The Morgan fingerprint density at radius 1 is 0.410 bits per heavy atom. The molecule has 286 valence electrons. The quantitative estimate of drug-likeness (QED) is 0.159. The molecule has 61 heavy (non-hydrogen) atoms. The molecule has 1 atom stereocenters. The van der Waals surface area contributed by atoms with Crippen molar-refractivity contribution in [2.45, 2.75) is 11.8 Å². The molecule has 2 heteroatoms. The maximum atomic E-state index is 2.43. The lowest BCUT2D eigenvalue weighted by molar-refractivity contribution is 0.541. The fraction of sp³-hybridized carbons (Fsp3) is 0.0508. The molecule has 3 aliphatic rings. The van der Waals surface area contributed by atoms with Crippen LogP contribution in [0.5, 0.6) is 0 Å². The summed E-state index contributed by atoms with van der Waals surface area (Å²) in [4.78, 5) is 0. The molecule has 2 heterocycles. The predicted octanol–water partition coefficient (Wildman–Crippen LogP) is 15.1. The minimum Gasteiger partial charge on any atom is -0.313 e. The van der Waals surface area contributed by atoms with Crippen molar-refractivity contribution in [3.8, 4) is 39.1 Å². The van der Waals surface area contributed by atoms with Gasteiger partial charge in [-0.1, -0.05) is 164 Å². The molecule has 3 aliphatic carbocycles. The van der Waals surface area contributed by atoms with Gasteiger partial charge in [0.2, 0.25) is 0 Å². The maximum Gasteiger partial charge on any atom is 0.0560 e. The number of rotatable bonds is 6. The molecule has 0 fully saturated rings. The van der Waals surface area contributed by atoms with Crippen LogP contribution in [0.2, 0.25) is 0 Å². The van der Waals surface area contributed by atoms with Gasteiger partial charge >= 0.3 is 0 Å². The van der Waals surface area contributed by atoms with Crippen LogP contribution in [-0.4, -0.2) is 9.13 Å². The number of nitrogens with zero attached hydrogens (tertiary/aromatic N) is 2. The molecule has 13 rings (SSSR count). The van der Waals surface area contributed by atoms with Gasteiger partial charge in [0.25, 0.3) is 0 Å². The van der Waals surface area contributed by atoms with Crippen LogP contribution in [0.25, 0.3) is 88.4 Å². The topological polar surface area (TPSA) is 9.86 Å². The standard InChI is InChI=1S/C59H40N2/c1-2-14-43(15-3-1)59(44-16-4-5-17-44)53-23-11-8-20-47(53)50-36-40(28-33-54(50)59)39-26-31-46(32-27-39)61-56-25-13-10-22-49(56)52-38-42(30-35-58(52)61)41-29-34-57-51(37-41)48-21-9-12-24-55(48)60(57)45-18-6-7-19-45/h1-18,20-38,44H,19H2. The average Bonchev–Trinajstić information content (AvgIpc) is 4.18. The summed E-state index contributed by atoms with van der Waals surface area (Å²) in [6.07, 6.45) is 16.7. The molecule has 0 bridgehead atoms. The summed E-state index contributed by atoms with van der Waals surface area (Å²) >= 11 is 0. The highest BCUT2D eigenvalue weighted by Crippen LogP contribution is 2.58. The van der Waals surface area contributed by atoms with Gasteiger partial charge in [-0.05, 0) is 111 Å². The number of fused-ring (bicyclic) bond motifs is 9. The van der Waals surface area contributed by atoms with Crippen LogP contribution < -0.4 is 0 Å². The van der Waals surface area contributed by atoms with E-state index in [1.807, 2.05) is 0 Å². The lowest BCUT2D eigenvalue weighted by Gasteiger charge is -2.37. The zero-order valence-electron chi connectivity index (χ0n) is 33.5. The van der Waals surface area contributed by atoms with Crippen LogP contribution in [0.1, 0.15) is 23.1 Å². The highest BCUT2D eigenvalue weighted by atomic mass is 15.0. The Morgan fingerprint density at radius 3 is 1.67 bits per heavy atom.